The Kier molecular flexibility index (Phi) is 2.80. The second-order valence-electron chi connectivity index (χ2n) is 5.24. The quantitative estimate of drug-likeness (QED) is 0.739. The summed E-state index contributed by atoms with van der Waals surface area (Å²) in [6, 6.07) is 0.444. The molecule has 3 heterocycles. The normalized spacial score (nSPS) is 25.8. The zero-order valence-corrected chi connectivity index (χ0v) is 10.4. The summed E-state index contributed by atoms with van der Waals surface area (Å²) in [7, 11) is 2.14. The molecule has 2 aliphatic heterocycles. The van der Waals surface area contributed by atoms with Crippen LogP contribution in [-0.2, 0) is 13.0 Å². The highest BCUT2D eigenvalue weighted by Gasteiger charge is 2.25. The maximum Gasteiger partial charge on any atom is 0.125 e. The van der Waals surface area contributed by atoms with Crippen molar-refractivity contribution >= 4 is 5.82 Å². The molecule has 1 unspecified atom stereocenters. The van der Waals surface area contributed by atoms with Gasteiger partial charge in [0.1, 0.15) is 5.82 Å². The average Bonchev–Trinajstić information content (AvgIpc) is 2.67. The number of fused-ring (bicyclic) bond motifs is 1. The molecule has 0 radical (unpaired) electrons. The Hall–Kier alpha value is -1.07. The molecule has 0 aromatic carbocycles. The first-order valence-electron chi connectivity index (χ1n) is 6.50. The third-order valence-electron chi connectivity index (χ3n) is 3.91. The second-order valence-corrected chi connectivity index (χ2v) is 5.24. The van der Waals surface area contributed by atoms with Gasteiger partial charge in [-0.3, -0.25) is 0 Å². The summed E-state index contributed by atoms with van der Waals surface area (Å²) in [6.07, 6.45) is 3.44. The molecule has 0 bridgehead atoms. The Bertz CT molecular complexity index is 405. The van der Waals surface area contributed by atoms with E-state index in [2.05, 4.69) is 21.9 Å². The van der Waals surface area contributed by atoms with Crippen molar-refractivity contribution in [2.24, 2.45) is 0 Å². The van der Waals surface area contributed by atoms with Crippen LogP contribution in [0.2, 0.25) is 0 Å². The number of nitrogens with one attached hydrogen (secondary N) is 1. The minimum Gasteiger partial charge on any atom is -0.384 e. The van der Waals surface area contributed by atoms with E-state index >= 15 is 0 Å². The van der Waals surface area contributed by atoms with Crippen LogP contribution in [-0.4, -0.2) is 41.4 Å². The number of hydrogen-bond donors (Lipinski definition) is 2. The molecule has 17 heavy (non-hydrogen) atoms. The lowest BCUT2D eigenvalue weighted by Gasteiger charge is -2.24. The van der Waals surface area contributed by atoms with Crippen LogP contribution in [0.3, 0.4) is 0 Å². The zero-order chi connectivity index (χ0) is 11.8. The lowest BCUT2D eigenvalue weighted by molar-refractivity contribution is 0.304. The van der Waals surface area contributed by atoms with E-state index in [1.54, 1.807) is 0 Å². The van der Waals surface area contributed by atoms with Gasteiger partial charge in [0, 0.05) is 25.2 Å². The SMILES string of the molecule is CN1CCc2c(nn(C3CCCNC3)c2N)C1. The van der Waals surface area contributed by atoms with Gasteiger partial charge in [-0.2, -0.15) is 5.10 Å². The van der Waals surface area contributed by atoms with Gasteiger partial charge in [0.15, 0.2) is 0 Å². The number of piperidine rings is 1. The fourth-order valence-corrected chi connectivity index (χ4v) is 2.89. The molecule has 2 aliphatic rings. The average molecular weight is 235 g/mol. The van der Waals surface area contributed by atoms with Gasteiger partial charge < -0.3 is 16.0 Å². The highest BCUT2D eigenvalue weighted by atomic mass is 15.4. The molecule has 1 fully saturated rings. The maximum absolute atomic E-state index is 6.25. The summed E-state index contributed by atoms with van der Waals surface area (Å²) in [5.41, 5.74) is 8.72. The van der Waals surface area contributed by atoms with Crippen molar-refractivity contribution in [2.75, 3.05) is 32.4 Å². The molecule has 0 amide bonds. The summed E-state index contributed by atoms with van der Waals surface area (Å²) < 4.78 is 2.07. The number of nitrogen functional groups attached to an aromatic ring is 1. The highest BCUT2D eigenvalue weighted by molar-refractivity contribution is 5.45. The largest absolute Gasteiger partial charge is 0.384 e. The molecule has 3 rings (SSSR count). The molecule has 94 valence electrons. The molecule has 5 heteroatoms. The zero-order valence-electron chi connectivity index (χ0n) is 10.4. The standard InChI is InChI=1S/C12H21N5/c1-16-6-4-10-11(8-16)15-17(12(10)13)9-3-2-5-14-7-9/h9,14H,2-8,13H2,1H3. The lowest BCUT2D eigenvalue weighted by Crippen LogP contribution is -2.32. The van der Waals surface area contributed by atoms with E-state index in [9.17, 15) is 0 Å². The van der Waals surface area contributed by atoms with Crippen LogP contribution in [0.15, 0.2) is 0 Å². The van der Waals surface area contributed by atoms with Crippen molar-refractivity contribution in [3.05, 3.63) is 11.3 Å². The molecule has 0 aliphatic carbocycles. The van der Waals surface area contributed by atoms with Crippen molar-refractivity contribution in [2.45, 2.75) is 31.8 Å². The third-order valence-corrected chi connectivity index (χ3v) is 3.91. The van der Waals surface area contributed by atoms with E-state index in [0.717, 1.165) is 38.4 Å². The summed E-state index contributed by atoms with van der Waals surface area (Å²) in [4.78, 5) is 2.30. The molecule has 1 saturated heterocycles. The second kappa shape index (κ2) is 4.31. The molecule has 5 nitrogen and oxygen atoms in total. The lowest BCUT2D eigenvalue weighted by atomic mass is 10.1. The minimum absolute atomic E-state index is 0.444. The number of rotatable bonds is 1. The topological polar surface area (TPSA) is 59.1 Å². The Morgan fingerprint density at radius 2 is 2.35 bits per heavy atom. The van der Waals surface area contributed by atoms with E-state index in [4.69, 9.17) is 10.8 Å². The predicted molar refractivity (Wildman–Crippen MR) is 67.8 cm³/mol. The monoisotopic (exact) mass is 235 g/mol. The first-order chi connectivity index (χ1) is 8.25. The number of likely N-dealkylation sites (N-methyl/N-ethyl adjacent to an activating group) is 1. The smallest absolute Gasteiger partial charge is 0.125 e. The van der Waals surface area contributed by atoms with E-state index in [1.807, 2.05) is 0 Å². The summed E-state index contributed by atoms with van der Waals surface area (Å²) in [5, 5.41) is 8.16. The van der Waals surface area contributed by atoms with Gasteiger partial charge in [-0.25, -0.2) is 4.68 Å². The number of nitrogens with zero attached hydrogens (tertiary/aromatic N) is 3. The molecular formula is C12H21N5. The van der Waals surface area contributed by atoms with Crippen molar-refractivity contribution < 1.29 is 0 Å². The Morgan fingerprint density at radius 1 is 1.47 bits per heavy atom. The molecule has 3 N–H and O–H groups in total. The van der Waals surface area contributed by atoms with Gasteiger partial charge >= 0.3 is 0 Å². The predicted octanol–water partition coefficient (Wildman–Crippen LogP) is 0.378. The Balaban J connectivity index is 1.90. The fourth-order valence-electron chi connectivity index (χ4n) is 2.89. The summed E-state index contributed by atoms with van der Waals surface area (Å²) >= 11 is 0. The molecule has 1 atom stereocenters. The van der Waals surface area contributed by atoms with Crippen LogP contribution in [0.1, 0.15) is 30.1 Å². The molecule has 1 aromatic heterocycles. The van der Waals surface area contributed by atoms with Crippen molar-refractivity contribution in [3.8, 4) is 0 Å². The van der Waals surface area contributed by atoms with Gasteiger partial charge in [0.25, 0.3) is 0 Å². The van der Waals surface area contributed by atoms with Gasteiger partial charge in [-0.15, -0.1) is 0 Å². The van der Waals surface area contributed by atoms with Crippen LogP contribution in [0.5, 0.6) is 0 Å². The fraction of sp³-hybridized carbons (Fsp3) is 0.750. The van der Waals surface area contributed by atoms with Crippen LogP contribution in [0, 0.1) is 0 Å². The van der Waals surface area contributed by atoms with Gasteiger partial charge in [0.2, 0.25) is 0 Å². The van der Waals surface area contributed by atoms with Crippen molar-refractivity contribution in [3.63, 3.8) is 0 Å². The van der Waals surface area contributed by atoms with Crippen molar-refractivity contribution in [1.29, 1.82) is 0 Å². The van der Waals surface area contributed by atoms with Gasteiger partial charge in [-0.1, -0.05) is 0 Å². The highest BCUT2D eigenvalue weighted by Crippen LogP contribution is 2.27. The van der Waals surface area contributed by atoms with E-state index in [0.29, 0.717) is 6.04 Å². The first-order valence-corrected chi connectivity index (χ1v) is 6.50. The molecule has 0 spiro atoms. The number of nitrogens with two attached hydrogens (primary N) is 1. The van der Waals surface area contributed by atoms with Gasteiger partial charge in [0.05, 0.1) is 11.7 Å². The number of aromatic nitrogens is 2. The van der Waals surface area contributed by atoms with E-state index in [1.165, 1.54) is 24.1 Å². The summed E-state index contributed by atoms with van der Waals surface area (Å²) in [6.45, 7) is 4.15. The molecule has 0 saturated carbocycles. The van der Waals surface area contributed by atoms with E-state index in [-0.39, 0.29) is 0 Å². The third kappa shape index (κ3) is 1.93. The van der Waals surface area contributed by atoms with Crippen LogP contribution in [0.25, 0.3) is 0 Å². The maximum atomic E-state index is 6.25. The summed E-state index contributed by atoms with van der Waals surface area (Å²) in [5.74, 6) is 0.904. The Morgan fingerprint density at radius 3 is 3.12 bits per heavy atom. The van der Waals surface area contributed by atoms with Crippen molar-refractivity contribution in [1.82, 2.24) is 20.0 Å². The van der Waals surface area contributed by atoms with Gasteiger partial charge in [-0.05, 0) is 32.9 Å². The molecular weight excluding hydrogens is 214 g/mol. The number of hydrogen-bond acceptors (Lipinski definition) is 4. The first kappa shape index (κ1) is 11.0. The minimum atomic E-state index is 0.444. The van der Waals surface area contributed by atoms with Crippen LogP contribution >= 0.6 is 0 Å². The molecule has 1 aromatic rings. The Labute approximate surface area is 102 Å². The van der Waals surface area contributed by atoms with Crippen LogP contribution in [0.4, 0.5) is 5.82 Å². The van der Waals surface area contributed by atoms with Crippen LogP contribution < -0.4 is 11.1 Å². The van der Waals surface area contributed by atoms with E-state index < -0.39 is 0 Å². The number of anilines is 1.